The van der Waals surface area contributed by atoms with Crippen molar-refractivity contribution in [2.24, 2.45) is 0 Å². The maximum absolute atomic E-state index is 13.6. The molecule has 0 unspecified atom stereocenters. The fraction of sp³-hybridized carbons (Fsp3) is 0.200. The highest BCUT2D eigenvalue weighted by Crippen LogP contribution is 2.25. The van der Waals surface area contributed by atoms with Gasteiger partial charge in [-0.05, 0) is 24.6 Å². The van der Waals surface area contributed by atoms with Crippen molar-refractivity contribution >= 4 is 17.3 Å². The number of nitro groups is 1. The fourth-order valence-corrected chi connectivity index (χ4v) is 2.20. The van der Waals surface area contributed by atoms with Gasteiger partial charge in [0.15, 0.2) is 0 Å². The smallest absolute Gasteiger partial charge is 0.288 e. The maximum Gasteiger partial charge on any atom is 0.288 e. The summed E-state index contributed by atoms with van der Waals surface area (Å²) in [6.45, 7) is 2.22. The van der Waals surface area contributed by atoms with E-state index in [1.54, 1.807) is 24.3 Å². The third kappa shape index (κ3) is 3.77. The topological polar surface area (TPSA) is 55.2 Å². The summed E-state index contributed by atoms with van der Waals surface area (Å²) < 4.78 is 13.6. The van der Waals surface area contributed by atoms with Gasteiger partial charge in [0.25, 0.3) is 5.69 Å². The zero-order valence-electron chi connectivity index (χ0n) is 11.3. The van der Waals surface area contributed by atoms with Crippen LogP contribution in [0.3, 0.4) is 0 Å². The molecule has 0 aromatic heterocycles. The Morgan fingerprint density at radius 2 is 2.05 bits per heavy atom. The average molecular weight is 309 g/mol. The van der Waals surface area contributed by atoms with Crippen LogP contribution in [0, 0.1) is 15.9 Å². The van der Waals surface area contributed by atoms with Gasteiger partial charge in [-0.1, -0.05) is 35.9 Å². The first kappa shape index (κ1) is 15.4. The fourth-order valence-electron chi connectivity index (χ4n) is 2.02. The van der Waals surface area contributed by atoms with Gasteiger partial charge in [-0.25, -0.2) is 4.39 Å². The van der Waals surface area contributed by atoms with Crippen molar-refractivity contribution in [1.82, 2.24) is 5.32 Å². The molecule has 0 radical (unpaired) electrons. The highest BCUT2D eigenvalue weighted by molar-refractivity contribution is 6.32. The molecule has 0 spiro atoms. The molecule has 1 atom stereocenters. The van der Waals surface area contributed by atoms with Crippen LogP contribution in [0.15, 0.2) is 42.5 Å². The summed E-state index contributed by atoms with van der Waals surface area (Å²) in [5, 5.41) is 14.1. The third-order valence-corrected chi connectivity index (χ3v) is 3.51. The summed E-state index contributed by atoms with van der Waals surface area (Å²) in [6.07, 6.45) is 0. The largest absolute Gasteiger partial charge is 0.306 e. The summed E-state index contributed by atoms with van der Waals surface area (Å²) in [6, 6.07) is 10.9. The minimum absolute atomic E-state index is 0.103. The number of rotatable bonds is 5. The standard InChI is InChI=1S/C15H14ClFN2O2/c1-10(12-4-2-3-5-14(12)17)18-9-11-6-7-13(16)15(8-11)19(20)21/h2-8,10,18H,9H2,1H3/t10-/m1/s1. The van der Waals surface area contributed by atoms with E-state index in [-0.39, 0.29) is 22.6 Å². The number of nitrogens with one attached hydrogen (secondary N) is 1. The van der Waals surface area contributed by atoms with Crippen molar-refractivity contribution in [3.63, 3.8) is 0 Å². The second-order valence-electron chi connectivity index (χ2n) is 4.67. The Kier molecular flexibility index (Phi) is 4.88. The van der Waals surface area contributed by atoms with E-state index in [1.807, 2.05) is 6.92 Å². The molecule has 0 aliphatic carbocycles. The van der Waals surface area contributed by atoms with Gasteiger partial charge in [-0.15, -0.1) is 0 Å². The van der Waals surface area contributed by atoms with Gasteiger partial charge in [0, 0.05) is 24.2 Å². The molecule has 2 rings (SSSR count). The van der Waals surface area contributed by atoms with E-state index in [0.717, 1.165) is 0 Å². The highest BCUT2D eigenvalue weighted by Gasteiger charge is 2.14. The van der Waals surface area contributed by atoms with Gasteiger partial charge < -0.3 is 5.32 Å². The van der Waals surface area contributed by atoms with Crippen molar-refractivity contribution in [2.75, 3.05) is 0 Å². The molecule has 6 heteroatoms. The Balaban J connectivity index is 2.08. The summed E-state index contributed by atoms with van der Waals surface area (Å²) >= 11 is 5.76. The predicted octanol–water partition coefficient (Wildman–Crippen LogP) is 4.24. The van der Waals surface area contributed by atoms with Crippen LogP contribution in [0.25, 0.3) is 0 Å². The lowest BCUT2D eigenvalue weighted by molar-refractivity contribution is -0.384. The zero-order valence-corrected chi connectivity index (χ0v) is 12.1. The van der Waals surface area contributed by atoms with Crippen LogP contribution in [0.5, 0.6) is 0 Å². The Bertz CT molecular complexity index is 664. The number of hydrogen-bond acceptors (Lipinski definition) is 3. The van der Waals surface area contributed by atoms with E-state index in [1.165, 1.54) is 18.2 Å². The molecule has 0 saturated carbocycles. The monoisotopic (exact) mass is 308 g/mol. The SMILES string of the molecule is C[C@@H](NCc1ccc(Cl)c([N+](=O)[O-])c1)c1ccccc1F. The Morgan fingerprint density at radius 1 is 1.33 bits per heavy atom. The minimum Gasteiger partial charge on any atom is -0.306 e. The average Bonchev–Trinajstić information content (AvgIpc) is 2.46. The Labute approximate surface area is 126 Å². The molecule has 0 amide bonds. The van der Waals surface area contributed by atoms with Gasteiger partial charge in [-0.2, -0.15) is 0 Å². The first-order chi connectivity index (χ1) is 9.99. The number of nitro benzene ring substituents is 1. The summed E-state index contributed by atoms with van der Waals surface area (Å²) in [5.41, 5.74) is 1.14. The van der Waals surface area contributed by atoms with Crippen molar-refractivity contribution in [3.8, 4) is 0 Å². The van der Waals surface area contributed by atoms with Crippen LogP contribution in [0.2, 0.25) is 5.02 Å². The van der Waals surface area contributed by atoms with Crippen LogP contribution in [-0.2, 0) is 6.54 Å². The lowest BCUT2D eigenvalue weighted by Crippen LogP contribution is -2.19. The first-order valence-electron chi connectivity index (χ1n) is 6.39. The molecule has 0 aliphatic heterocycles. The molecule has 21 heavy (non-hydrogen) atoms. The Morgan fingerprint density at radius 3 is 2.71 bits per heavy atom. The third-order valence-electron chi connectivity index (χ3n) is 3.19. The molecule has 0 fully saturated rings. The zero-order chi connectivity index (χ0) is 15.4. The molecule has 1 N–H and O–H groups in total. The quantitative estimate of drug-likeness (QED) is 0.664. The van der Waals surface area contributed by atoms with Crippen molar-refractivity contribution in [2.45, 2.75) is 19.5 Å². The molecular formula is C15H14ClFN2O2. The van der Waals surface area contributed by atoms with E-state index in [0.29, 0.717) is 17.7 Å². The molecule has 0 aliphatic rings. The molecule has 0 bridgehead atoms. The summed E-state index contributed by atoms with van der Waals surface area (Å²) in [4.78, 5) is 10.3. The van der Waals surface area contributed by atoms with Crippen LogP contribution in [-0.4, -0.2) is 4.92 Å². The number of nitrogens with zero attached hydrogens (tertiary/aromatic N) is 1. The first-order valence-corrected chi connectivity index (χ1v) is 6.77. The van der Waals surface area contributed by atoms with E-state index in [4.69, 9.17) is 11.6 Å². The molecule has 2 aromatic rings. The molecule has 2 aromatic carbocycles. The normalized spacial score (nSPS) is 12.1. The summed E-state index contributed by atoms with van der Waals surface area (Å²) in [7, 11) is 0. The highest BCUT2D eigenvalue weighted by atomic mass is 35.5. The van der Waals surface area contributed by atoms with Crippen molar-refractivity contribution in [3.05, 3.63) is 74.5 Å². The van der Waals surface area contributed by atoms with Crippen molar-refractivity contribution in [1.29, 1.82) is 0 Å². The molecule has 4 nitrogen and oxygen atoms in total. The van der Waals surface area contributed by atoms with E-state index in [2.05, 4.69) is 5.32 Å². The van der Waals surface area contributed by atoms with Gasteiger partial charge in [-0.3, -0.25) is 10.1 Å². The van der Waals surface area contributed by atoms with Crippen LogP contribution >= 0.6 is 11.6 Å². The number of halogens is 2. The summed E-state index contributed by atoms with van der Waals surface area (Å²) in [5.74, 6) is -0.278. The predicted molar refractivity (Wildman–Crippen MR) is 79.8 cm³/mol. The van der Waals surface area contributed by atoms with E-state index in [9.17, 15) is 14.5 Å². The minimum atomic E-state index is -0.522. The van der Waals surface area contributed by atoms with Gasteiger partial charge in [0.2, 0.25) is 0 Å². The Hall–Kier alpha value is -1.98. The molecule has 110 valence electrons. The molecule has 0 heterocycles. The van der Waals surface area contributed by atoms with Gasteiger partial charge in [0.1, 0.15) is 10.8 Å². The molecule has 0 saturated heterocycles. The lowest BCUT2D eigenvalue weighted by Gasteiger charge is -2.15. The van der Waals surface area contributed by atoms with Crippen LogP contribution in [0.4, 0.5) is 10.1 Å². The second kappa shape index (κ2) is 6.65. The maximum atomic E-state index is 13.6. The van der Waals surface area contributed by atoms with E-state index >= 15 is 0 Å². The van der Waals surface area contributed by atoms with Gasteiger partial charge >= 0.3 is 0 Å². The number of benzene rings is 2. The van der Waals surface area contributed by atoms with Crippen molar-refractivity contribution < 1.29 is 9.31 Å². The van der Waals surface area contributed by atoms with Crippen LogP contribution in [0.1, 0.15) is 24.1 Å². The van der Waals surface area contributed by atoms with Gasteiger partial charge in [0.05, 0.1) is 4.92 Å². The van der Waals surface area contributed by atoms with E-state index < -0.39 is 4.92 Å². The van der Waals surface area contributed by atoms with Crippen LogP contribution < -0.4 is 5.32 Å². The number of hydrogen-bond donors (Lipinski definition) is 1. The molecular weight excluding hydrogens is 295 g/mol. The second-order valence-corrected chi connectivity index (χ2v) is 5.07. The lowest BCUT2D eigenvalue weighted by atomic mass is 10.1.